The SMILES string of the molecule is CCOCCOCCOCCCNC(=O)[C@@H](N)CCCCN. The van der Waals surface area contributed by atoms with Gasteiger partial charge in [0.1, 0.15) is 0 Å². The topological polar surface area (TPSA) is 109 Å². The van der Waals surface area contributed by atoms with Crippen LogP contribution in [-0.2, 0) is 19.0 Å². The van der Waals surface area contributed by atoms with E-state index >= 15 is 0 Å². The van der Waals surface area contributed by atoms with Gasteiger partial charge < -0.3 is 31.0 Å². The molecule has 0 aliphatic rings. The number of rotatable bonds is 16. The first-order valence-electron chi connectivity index (χ1n) is 8.19. The van der Waals surface area contributed by atoms with Gasteiger partial charge in [-0.25, -0.2) is 0 Å². The first-order chi connectivity index (χ1) is 10.7. The fourth-order valence-corrected chi connectivity index (χ4v) is 1.74. The van der Waals surface area contributed by atoms with Crippen molar-refractivity contribution in [1.82, 2.24) is 5.32 Å². The third-order valence-electron chi connectivity index (χ3n) is 3.02. The van der Waals surface area contributed by atoms with E-state index in [1.54, 1.807) is 0 Å². The fourth-order valence-electron chi connectivity index (χ4n) is 1.74. The number of hydrogen-bond acceptors (Lipinski definition) is 6. The molecule has 7 heteroatoms. The molecule has 0 saturated carbocycles. The summed E-state index contributed by atoms with van der Waals surface area (Å²) in [5, 5.41) is 2.81. The van der Waals surface area contributed by atoms with Gasteiger partial charge in [0.15, 0.2) is 0 Å². The Morgan fingerprint density at radius 3 is 2.27 bits per heavy atom. The molecule has 0 bridgehead atoms. The number of amides is 1. The van der Waals surface area contributed by atoms with Crippen LogP contribution < -0.4 is 16.8 Å². The maximum Gasteiger partial charge on any atom is 0.236 e. The van der Waals surface area contributed by atoms with Crippen molar-refractivity contribution in [2.75, 3.05) is 52.7 Å². The standard InChI is InChI=1S/C15H33N3O4/c1-2-20-10-11-22-13-12-21-9-5-8-18-15(19)14(17)6-3-4-7-16/h14H,2-13,16-17H2,1H3,(H,18,19)/t14-/m0/s1. The van der Waals surface area contributed by atoms with Gasteiger partial charge in [0.2, 0.25) is 5.91 Å². The Labute approximate surface area is 134 Å². The minimum atomic E-state index is -0.439. The van der Waals surface area contributed by atoms with Crippen molar-refractivity contribution in [1.29, 1.82) is 0 Å². The monoisotopic (exact) mass is 319 g/mol. The van der Waals surface area contributed by atoms with Crippen molar-refractivity contribution < 1.29 is 19.0 Å². The highest BCUT2D eigenvalue weighted by molar-refractivity contribution is 5.81. The van der Waals surface area contributed by atoms with Crippen molar-refractivity contribution in [2.45, 2.75) is 38.6 Å². The molecule has 0 aromatic rings. The molecule has 0 aromatic heterocycles. The summed E-state index contributed by atoms with van der Waals surface area (Å²) in [6, 6.07) is -0.439. The number of carbonyl (C=O) groups excluding carboxylic acids is 1. The Morgan fingerprint density at radius 2 is 1.64 bits per heavy atom. The lowest BCUT2D eigenvalue weighted by Crippen LogP contribution is -2.41. The third-order valence-corrected chi connectivity index (χ3v) is 3.02. The molecule has 0 heterocycles. The normalized spacial score (nSPS) is 12.3. The highest BCUT2D eigenvalue weighted by Crippen LogP contribution is 1.97. The molecule has 0 rings (SSSR count). The van der Waals surface area contributed by atoms with Crippen LogP contribution in [0.3, 0.4) is 0 Å². The smallest absolute Gasteiger partial charge is 0.236 e. The Morgan fingerprint density at radius 1 is 1.00 bits per heavy atom. The van der Waals surface area contributed by atoms with Crippen molar-refractivity contribution >= 4 is 5.91 Å². The summed E-state index contributed by atoms with van der Waals surface area (Å²) in [5.74, 6) is -0.101. The molecule has 0 unspecified atom stereocenters. The Hall–Kier alpha value is -0.730. The second-order valence-corrected chi connectivity index (χ2v) is 4.96. The molecule has 132 valence electrons. The predicted molar refractivity (Wildman–Crippen MR) is 86.6 cm³/mol. The molecule has 0 aliphatic carbocycles. The lowest BCUT2D eigenvalue weighted by Gasteiger charge is -2.12. The quantitative estimate of drug-likeness (QED) is 0.346. The van der Waals surface area contributed by atoms with E-state index in [9.17, 15) is 4.79 Å². The van der Waals surface area contributed by atoms with Gasteiger partial charge in [-0.15, -0.1) is 0 Å². The summed E-state index contributed by atoms with van der Waals surface area (Å²) < 4.78 is 15.9. The lowest BCUT2D eigenvalue weighted by molar-refractivity contribution is -0.122. The predicted octanol–water partition coefficient (Wildman–Crippen LogP) is 0.0187. The molecule has 22 heavy (non-hydrogen) atoms. The highest BCUT2D eigenvalue weighted by Gasteiger charge is 2.11. The van der Waals surface area contributed by atoms with Crippen LogP contribution in [-0.4, -0.2) is 64.7 Å². The van der Waals surface area contributed by atoms with E-state index in [4.69, 9.17) is 25.7 Å². The first kappa shape index (κ1) is 21.3. The van der Waals surface area contributed by atoms with Crippen LogP contribution in [0.15, 0.2) is 0 Å². The number of nitrogens with one attached hydrogen (secondary N) is 1. The average Bonchev–Trinajstić information content (AvgIpc) is 2.52. The summed E-state index contributed by atoms with van der Waals surface area (Å²) in [6.45, 7) is 6.80. The van der Waals surface area contributed by atoms with Crippen LogP contribution in [0, 0.1) is 0 Å². The molecule has 1 atom stereocenters. The average molecular weight is 319 g/mol. The number of ether oxygens (including phenoxy) is 3. The molecule has 5 N–H and O–H groups in total. The van der Waals surface area contributed by atoms with Gasteiger partial charge in [-0.1, -0.05) is 6.42 Å². The molecule has 0 radical (unpaired) electrons. The van der Waals surface area contributed by atoms with Crippen LogP contribution in [0.1, 0.15) is 32.6 Å². The van der Waals surface area contributed by atoms with Crippen molar-refractivity contribution in [2.24, 2.45) is 11.5 Å². The Balaban J connectivity index is 3.26. The summed E-state index contributed by atoms with van der Waals surface area (Å²) in [5.41, 5.74) is 11.2. The van der Waals surface area contributed by atoms with Gasteiger partial charge in [0.25, 0.3) is 0 Å². The zero-order valence-electron chi connectivity index (χ0n) is 13.9. The minimum Gasteiger partial charge on any atom is -0.379 e. The largest absolute Gasteiger partial charge is 0.379 e. The molecule has 0 saturated heterocycles. The lowest BCUT2D eigenvalue weighted by atomic mass is 10.1. The van der Waals surface area contributed by atoms with Gasteiger partial charge in [-0.2, -0.15) is 0 Å². The molecule has 0 fully saturated rings. The van der Waals surface area contributed by atoms with Crippen LogP contribution in [0.2, 0.25) is 0 Å². The van der Waals surface area contributed by atoms with Crippen molar-refractivity contribution in [3.63, 3.8) is 0 Å². The van der Waals surface area contributed by atoms with Crippen LogP contribution in [0.25, 0.3) is 0 Å². The molecule has 1 amide bonds. The maximum atomic E-state index is 11.7. The number of hydrogen-bond donors (Lipinski definition) is 3. The van der Waals surface area contributed by atoms with Gasteiger partial charge in [0.05, 0.1) is 32.5 Å². The molecular formula is C15H33N3O4. The number of carbonyl (C=O) groups is 1. The van der Waals surface area contributed by atoms with E-state index in [0.29, 0.717) is 59.2 Å². The van der Waals surface area contributed by atoms with E-state index in [1.165, 1.54) is 0 Å². The van der Waals surface area contributed by atoms with Gasteiger partial charge >= 0.3 is 0 Å². The molecule has 0 aliphatic heterocycles. The third kappa shape index (κ3) is 14.2. The van der Waals surface area contributed by atoms with E-state index in [1.807, 2.05) is 6.92 Å². The zero-order chi connectivity index (χ0) is 16.5. The summed E-state index contributed by atoms with van der Waals surface area (Å²) in [4.78, 5) is 11.7. The van der Waals surface area contributed by atoms with Gasteiger partial charge in [-0.3, -0.25) is 4.79 Å². The van der Waals surface area contributed by atoms with E-state index < -0.39 is 6.04 Å². The van der Waals surface area contributed by atoms with Crippen LogP contribution in [0.4, 0.5) is 0 Å². The summed E-state index contributed by atoms with van der Waals surface area (Å²) in [6.07, 6.45) is 3.23. The number of unbranched alkanes of at least 4 members (excludes halogenated alkanes) is 1. The molecule has 7 nitrogen and oxygen atoms in total. The first-order valence-corrected chi connectivity index (χ1v) is 8.19. The maximum absolute atomic E-state index is 11.7. The highest BCUT2D eigenvalue weighted by atomic mass is 16.5. The fraction of sp³-hybridized carbons (Fsp3) is 0.933. The van der Waals surface area contributed by atoms with Crippen molar-refractivity contribution in [3.8, 4) is 0 Å². The second kappa shape index (κ2) is 16.6. The van der Waals surface area contributed by atoms with Crippen LogP contribution >= 0.6 is 0 Å². The molecule has 0 spiro atoms. The second-order valence-electron chi connectivity index (χ2n) is 4.96. The van der Waals surface area contributed by atoms with Crippen LogP contribution in [0.5, 0.6) is 0 Å². The van der Waals surface area contributed by atoms with E-state index in [0.717, 1.165) is 19.3 Å². The Bertz CT molecular complexity index is 255. The molecule has 0 aromatic carbocycles. The van der Waals surface area contributed by atoms with Gasteiger partial charge in [-0.05, 0) is 32.7 Å². The van der Waals surface area contributed by atoms with E-state index in [-0.39, 0.29) is 5.91 Å². The minimum absolute atomic E-state index is 0.101. The summed E-state index contributed by atoms with van der Waals surface area (Å²) in [7, 11) is 0. The molecular weight excluding hydrogens is 286 g/mol. The Kier molecular flexibility index (Phi) is 16.1. The van der Waals surface area contributed by atoms with Gasteiger partial charge in [0, 0.05) is 19.8 Å². The van der Waals surface area contributed by atoms with Crippen molar-refractivity contribution in [3.05, 3.63) is 0 Å². The zero-order valence-corrected chi connectivity index (χ0v) is 13.9. The number of nitrogens with two attached hydrogens (primary N) is 2. The summed E-state index contributed by atoms with van der Waals surface area (Å²) >= 11 is 0. The van der Waals surface area contributed by atoms with E-state index in [2.05, 4.69) is 5.32 Å².